The fraction of sp³-hybridized carbons (Fsp3) is 0.273. The highest BCUT2D eigenvalue weighted by molar-refractivity contribution is 5.49. The molecule has 0 spiro atoms. The molecule has 0 fully saturated rings. The minimum Gasteiger partial charge on any atom is -0.508 e. The predicted molar refractivity (Wildman–Crippen MR) is 99.9 cm³/mol. The summed E-state index contributed by atoms with van der Waals surface area (Å²) in [4.78, 5) is 0. The highest BCUT2D eigenvalue weighted by Gasteiger charge is 2.36. The van der Waals surface area contributed by atoms with E-state index in [0.717, 1.165) is 23.5 Å². The normalized spacial score (nSPS) is 24.3. The number of allylic oxidation sites excluding steroid dienone is 3. The average molecular weight is 350 g/mol. The number of hydrogen-bond acceptors (Lipinski definition) is 4. The molecule has 1 heterocycles. The molecule has 2 aromatic rings. The monoisotopic (exact) mass is 350 g/mol. The van der Waals surface area contributed by atoms with Gasteiger partial charge >= 0.3 is 0 Å². The molecule has 2 aliphatic rings. The molecule has 0 saturated carbocycles. The van der Waals surface area contributed by atoms with Crippen LogP contribution in [-0.4, -0.2) is 23.9 Å². The second kappa shape index (κ2) is 6.79. The fourth-order valence-electron chi connectivity index (χ4n) is 3.97. The van der Waals surface area contributed by atoms with Crippen molar-refractivity contribution in [3.63, 3.8) is 0 Å². The van der Waals surface area contributed by atoms with Gasteiger partial charge in [-0.2, -0.15) is 0 Å². The zero-order valence-corrected chi connectivity index (χ0v) is 14.6. The first-order valence-corrected chi connectivity index (χ1v) is 8.82. The van der Waals surface area contributed by atoms with Crippen molar-refractivity contribution in [3.8, 4) is 17.2 Å². The third-order valence-corrected chi connectivity index (χ3v) is 5.33. The van der Waals surface area contributed by atoms with Gasteiger partial charge in [-0.05, 0) is 48.3 Å². The van der Waals surface area contributed by atoms with Gasteiger partial charge in [-0.1, -0.05) is 24.3 Å². The van der Waals surface area contributed by atoms with E-state index in [4.69, 9.17) is 9.47 Å². The number of phenolic OH excluding ortho intramolecular Hbond substituents is 1. The first-order chi connectivity index (χ1) is 12.7. The van der Waals surface area contributed by atoms with Gasteiger partial charge in [0.15, 0.2) is 0 Å². The number of methoxy groups -OCH3 is 1. The van der Waals surface area contributed by atoms with Crippen LogP contribution in [0.25, 0.3) is 0 Å². The minimum atomic E-state index is 0.147. The van der Waals surface area contributed by atoms with Crippen molar-refractivity contribution < 1.29 is 19.7 Å². The van der Waals surface area contributed by atoms with Crippen LogP contribution in [-0.2, 0) is 0 Å². The summed E-state index contributed by atoms with van der Waals surface area (Å²) in [7, 11) is 1.66. The number of benzene rings is 2. The number of aliphatic hydroxyl groups excluding tert-OH is 1. The fourth-order valence-corrected chi connectivity index (χ4v) is 3.97. The lowest BCUT2D eigenvalue weighted by atomic mass is 9.71. The van der Waals surface area contributed by atoms with E-state index >= 15 is 0 Å². The third-order valence-electron chi connectivity index (χ3n) is 5.33. The van der Waals surface area contributed by atoms with Crippen LogP contribution in [0.1, 0.15) is 23.5 Å². The van der Waals surface area contributed by atoms with Crippen LogP contribution in [0.4, 0.5) is 0 Å². The lowest BCUT2D eigenvalue weighted by Crippen LogP contribution is -2.32. The number of hydrogen-bond donors (Lipinski definition) is 2. The van der Waals surface area contributed by atoms with Crippen molar-refractivity contribution in [2.75, 3.05) is 13.7 Å². The van der Waals surface area contributed by atoms with E-state index in [9.17, 15) is 10.2 Å². The van der Waals surface area contributed by atoms with Crippen LogP contribution in [0.15, 0.2) is 66.5 Å². The molecule has 26 heavy (non-hydrogen) atoms. The van der Waals surface area contributed by atoms with E-state index in [1.807, 2.05) is 24.3 Å². The summed E-state index contributed by atoms with van der Waals surface area (Å²) in [5, 5.41) is 19.5. The molecule has 2 N–H and O–H groups in total. The molecule has 0 amide bonds. The summed E-state index contributed by atoms with van der Waals surface area (Å²) in [5.74, 6) is 2.76. The standard InChI is InChI=1S/C22H22O4/c1-25-18-9-4-15(5-10-18)22-19-11-8-17(24)12-21(19)26-13-20(22)14-2-6-16(23)7-3-14/h2,4-12,14,20,22-24H,3,13H2,1H3/t14?,20-,22-/m1/s1. The van der Waals surface area contributed by atoms with Gasteiger partial charge in [0.1, 0.15) is 23.0 Å². The van der Waals surface area contributed by atoms with Gasteiger partial charge in [-0.15, -0.1) is 0 Å². The van der Waals surface area contributed by atoms with E-state index in [1.165, 1.54) is 5.56 Å². The van der Waals surface area contributed by atoms with Crippen molar-refractivity contribution >= 4 is 0 Å². The van der Waals surface area contributed by atoms with Gasteiger partial charge < -0.3 is 19.7 Å². The number of aromatic hydroxyl groups is 1. The highest BCUT2D eigenvalue weighted by atomic mass is 16.5. The van der Waals surface area contributed by atoms with E-state index in [0.29, 0.717) is 12.4 Å². The first kappa shape index (κ1) is 16.6. The topological polar surface area (TPSA) is 58.9 Å². The molecule has 0 radical (unpaired) electrons. The zero-order valence-electron chi connectivity index (χ0n) is 14.6. The Hall–Kier alpha value is -2.88. The SMILES string of the molecule is COc1ccc([C@@H]2c3ccc(O)cc3OC[C@@H]2C2C=CC(O)=CC2)cc1. The molecule has 134 valence electrons. The Morgan fingerprint density at radius 2 is 1.88 bits per heavy atom. The maximum absolute atomic E-state index is 9.81. The summed E-state index contributed by atoms with van der Waals surface area (Å²) in [5.41, 5.74) is 2.27. The summed E-state index contributed by atoms with van der Waals surface area (Å²) in [6, 6.07) is 13.5. The molecule has 1 aliphatic heterocycles. The van der Waals surface area contributed by atoms with Crippen LogP contribution in [0.5, 0.6) is 17.2 Å². The number of phenols is 1. The summed E-state index contributed by atoms with van der Waals surface area (Å²) < 4.78 is 11.3. The lowest BCUT2D eigenvalue weighted by Gasteiger charge is -2.38. The number of fused-ring (bicyclic) bond motifs is 1. The van der Waals surface area contributed by atoms with Gasteiger partial charge in [0.25, 0.3) is 0 Å². The van der Waals surface area contributed by atoms with Crippen LogP contribution >= 0.6 is 0 Å². The summed E-state index contributed by atoms with van der Waals surface area (Å²) >= 11 is 0. The Kier molecular flexibility index (Phi) is 4.33. The van der Waals surface area contributed by atoms with Gasteiger partial charge in [0.2, 0.25) is 0 Å². The van der Waals surface area contributed by atoms with Gasteiger partial charge in [-0.3, -0.25) is 0 Å². The molecule has 4 rings (SSSR count). The number of ether oxygens (including phenoxy) is 2. The van der Waals surface area contributed by atoms with Crippen LogP contribution < -0.4 is 9.47 Å². The molecule has 0 bridgehead atoms. The molecule has 1 aliphatic carbocycles. The van der Waals surface area contributed by atoms with Gasteiger partial charge in [0.05, 0.1) is 13.7 Å². The summed E-state index contributed by atoms with van der Waals surface area (Å²) in [6.45, 7) is 0.566. The van der Waals surface area contributed by atoms with Crippen molar-refractivity contribution in [3.05, 3.63) is 77.6 Å². The molecule has 4 nitrogen and oxygen atoms in total. The van der Waals surface area contributed by atoms with Crippen molar-refractivity contribution in [1.29, 1.82) is 0 Å². The second-order valence-electron chi connectivity index (χ2n) is 6.84. The van der Waals surface area contributed by atoms with Gasteiger partial charge in [-0.25, -0.2) is 0 Å². The van der Waals surface area contributed by atoms with Crippen molar-refractivity contribution in [2.24, 2.45) is 11.8 Å². The molecule has 4 heteroatoms. The van der Waals surface area contributed by atoms with Crippen molar-refractivity contribution in [1.82, 2.24) is 0 Å². The molecule has 3 atom stereocenters. The highest BCUT2D eigenvalue weighted by Crippen LogP contribution is 2.47. The minimum absolute atomic E-state index is 0.147. The predicted octanol–water partition coefficient (Wildman–Crippen LogP) is 4.56. The Bertz CT molecular complexity index is 851. The zero-order chi connectivity index (χ0) is 18.1. The third kappa shape index (κ3) is 3.03. The molecular formula is C22H22O4. The van der Waals surface area contributed by atoms with E-state index < -0.39 is 0 Å². The number of rotatable bonds is 3. The Morgan fingerprint density at radius 3 is 2.58 bits per heavy atom. The quantitative estimate of drug-likeness (QED) is 0.852. The Labute approximate surface area is 153 Å². The van der Waals surface area contributed by atoms with E-state index in [1.54, 1.807) is 25.3 Å². The maximum atomic E-state index is 9.81. The van der Waals surface area contributed by atoms with Crippen LogP contribution in [0.2, 0.25) is 0 Å². The van der Waals surface area contributed by atoms with Gasteiger partial charge in [0, 0.05) is 23.5 Å². The Balaban J connectivity index is 1.75. The smallest absolute Gasteiger partial charge is 0.126 e. The van der Waals surface area contributed by atoms with E-state index in [-0.39, 0.29) is 23.5 Å². The lowest BCUT2D eigenvalue weighted by molar-refractivity contribution is 0.170. The summed E-state index contributed by atoms with van der Waals surface area (Å²) in [6.07, 6.45) is 6.50. The Morgan fingerprint density at radius 1 is 1.08 bits per heavy atom. The van der Waals surface area contributed by atoms with Crippen molar-refractivity contribution in [2.45, 2.75) is 12.3 Å². The molecule has 0 aromatic heterocycles. The molecule has 0 saturated heterocycles. The second-order valence-corrected chi connectivity index (χ2v) is 6.84. The van der Waals surface area contributed by atoms with Crippen LogP contribution in [0, 0.1) is 11.8 Å². The van der Waals surface area contributed by atoms with Crippen LogP contribution in [0.3, 0.4) is 0 Å². The molecule has 2 aromatic carbocycles. The molecule has 1 unspecified atom stereocenters. The number of aliphatic hydroxyl groups is 1. The largest absolute Gasteiger partial charge is 0.508 e. The maximum Gasteiger partial charge on any atom is 0.126 e. The average Bonchev–Trinajstić information content (AvgIpc) is 2.68. The first-order valence-electron chi connectivity index (χ1n) is 8.82. The molecular weight excluding hydrogens is 328 g/mol. The van der Waals surface area contributed by atoms with E-state index in [2.05, 4.69) is 18.2 Å².